The average Bonchev–Trinajstić information content (AvgIpc) is 3.12. The predicted molar refractivity (Wildman–Crippen MR) is 108 cm³/mol. The van der Waals surface area contributed by atoms with Crippen molar-refractivity contribution >= 4 is 22.7 Å². The monoisotopic (exact) mass is 381 g/mol. The van der Waals surface area contributed by atoms with Crippen LogP contribution in [0.1, 0.15) is 32.1 Å². The molecule has 0 radical (unpaired) electrons. The van der Waals surface area contributed by atoms with E-state index >= 15 is 0 Å². The van der Waals surface area contributed by atoms with E-state index < -0.39 is 0 Å². The molecule has 2 amide bonds. The molecule has 0 spiro atoms. The van der Waals surface area contributed by atoms with E-state index in [1.165, 1.54) is 0 Å². The molecule has 2 aliphatic rings. The lowest BCUT2D eigenvalue weighted by Gasteiger charge is -2.34. The molecule has 1 saturated heterocycles. The largest absolute Gasteiger partial charge is 0.490 e. The fourth-order valence-electron chi connectivity index (χ4n) is 4.25. The summed E-state index contributed by atoms with van der Waals surface area (Å²) in [7, 11) is 0. The molecule has 2 N–H and O–H groups in total. The zero-order chi connectivity index (χ0) is 19.5. The van der Waals surface area contributed by atoms with Gasteiger partial charge in [-0.2, -0.15) is 0 Å². The third-order valence-electron chi connectivity index (χ3n) is 5.77. The number of benzene rings is 1. The zero-order valence-corrected chi connectivity index (χ0v) is 16.0. The van der Waals surface area contributed by atoms with E-state index in [0.717, 1.165) is 61.8 Å². The molecule has 1 unspecified atom stereocenters. The molecule has 6 heteroatoms. The number of ether oxygens (including phenoxy) is 1. The number of nitrogens with zero attached hydrogens (tertiary/aromatic N) is 2. The van der Waals surface area contributed by atoms with Gasteiger partial charge in [0.2, 0.25) is 11.8 Å². The summed E-state index contributed by atoms with van der Waals surface area (Å²) in [6, 6.07) is 7.82. The number of amides is 2. The number of carbonyl (C=O) groups excluding carboxylic acids is 2. The molecule has 2 aromatic rings. The maximum Gasteiger partial charge on any atom is 0.237 e. The van der Waals surface area contributed by atoms with Crippen molar-refractivity contribution in [2.45, 2.75) is 44.8 Å². The minimum absolute atomic E-state index is 0.0976. The Balaban J connectivity index is 1.38. The van der Waals surface area contributed by atoms with Crippen molar-refractivity contribution in [3.63, 3.8) is 0 Å². The molecule has 28 heavy (non-hydrogen) atoms. The summed E-state index contributed by atoms with van der Waals surface area (Å²) in [6.07, 6.45) is 10.8. The van der Waals surface area contributed by atoms with Crippen molar-refractivity contribution < 1.29 is 14.3 Å². The van der Waals surface area contributed by atoms with Crippen LogP contribution in [0.3, 0.4) is 0 Å². The second-order valence-corrected chi connectivity index (χ2v) is 7.72. The summed E-state index contributed by atoms with van der Waals surface area (Å²) in [5.74, 6) is 0.909. The van der Waals surface area contributed by atoms with Crippen molar-refractivity contribution in [1.82, 2.24) is 9.47 Å². The van der Waals surface area contributed by atoms with Crippen molar-refractivity contribution in [3.8, 4) is 5.75 Å². The van der Waals surface area contributed by atoms with Gasteiger partial charge in [0, 0.05) is 43.4 Å². The van der Waals surface area contributed by atoms with E-state index in [0.29, 0.717) is 5.91 Å². The molecule has 1 aromatic heterocycles. The summed E-state index contributed by atoms with van der Waals surface area (Å²) in [5, 5.41) is 0.983. The van der Waals surface area contributed by atoms with Gasteiger partial charge >= 0.3 is 0 Å². The molecule has 148 valence electrons. The number of fused-ring (bicyclic) bond motifs is 1. The Morgan fingerprint density at radius 2 is 1.93 bits per heavy atom. The Bertz CT molecular complexity index is 894. The maximum absolute atomic E-state index is 12.7. The number of hydrogen-bond donors (Lipinski definition) is 1. The Kier molecular flexibility index (Phi) is 5.37. The molecule has 1 fully saturated rings. The maximum atomic E-state index is 12.7. The van der Waals surface area contributed by atoms with Crippen LogP contribution in [-0.2, 0) is 16.1 Å². The summed E-state index contributed by atoms with van der Waals surface area (Å²) in [4.78, 5) is 25.9. The molecule has 1 aliphatic carbocycles. The van der Waals surface area contributed by atoms with Crippen molar-refractivity contribution in [2.75, 3.05) is 13.1 Å². The highest BCUT2D eigenvalue weighted by atomic mass is 16.5. The van der Waals surface area contributed by atoms with Crippen molar-refractivity contribution in [1.29, 1.82) is 0 Å². The number of carbonyl (C=O) groups is 2. The van der Waals surface area contributed by atoms with Gasteiger partial charge in [0.15, 0.2) is 0 Å². The summed E-state index contributed by atoms with van der Waals surface area (Å²) in [6.45, 7) is 1.66. The Labute approximate surface area is 164 Å². The average molecular weight is 381 g/mol. The number of piperidine rings is 1. The van der Waals surface area contributed by atoms with Gasteiger partial charge in [-0.3, -0.25) is 9.59 Å². The molecular formula is C22H27N3O3. The molecule has 6 nitrogen and oxygen atoms in total. The van der Waals surface area contributed by atoms with Crippen LogP contribution < -0.4 is 10.5 Å². The number of hydrogen-bond acceptors (Lipinski definition) is 3. The Morgan fingerprint density at radius 3 is 2.64 bits per heavy atom. The number of primary amides is 1. The molecule has 4 rings (SSSR count). The van der Waals surface area contributed by atoms with Crippen molar-refractivity contribution in [2.24, 2.45) is 11.7 Å². The van der Waals surface area contributed by atoms with Crippen LogP contribution in [0.2, 0.25) is 0 Å². The van der Waals surface area contributed by atoms with E-state index in [4.69, 9.17) is 10.5 Å². The summed E-state index contributed by atoms with van der Waals surface area (Å²) < 4.78 is 8.12. The number of aromatic nitrogens is 1. The third-order valence-corrected chi connectivity index (χ3v) is 5.77. The first-order valence-electron chi connectivity index (χ1n) is 10.1. The van der Waals surface area contributed by atoms with Crippen LogP contribution in [0.4, 0.5) is 0 Å². The van der Waals surface area contributed by atoms with E-state index in [1.807, 2.05) is 39.9 Å². The molecule has 1 atom stereocenters. The quantitative estimate of drug-likeness (QED) is 0.809. The lowest BCUT2D eigenvalue weighted by atomic mass is 9.92. The van der Waals surface area contributed by atoms with E-state index in [9.17, 15) is 9.59 Å². The van der Waals surface area contributed by atoms with Gasteiger partial charge in [0.25, 0.3) is 0 Å². The zero-order valence-electron chi connectivity index (χ0n) is 16.0. The molecular weight excluding hydrogens is 354 g/mol. The highest BCUT2D eigenvalue weighted by Crippen LogP contribution is 2.30. The van der Waals surface area contributed by atoms with Gasteiger partial charge in [-0.15, -0.1) is 0 Å². The second kappa shape index (κ2) is 8.09. The van der Waals surface area contributed by atoms with Crippen LogP contribution in [-0.4, -0.2) is 40.5 Å². The third kappa shape index (κ3) is 3.91. The minimum atomic E-state index is -0.366. The van der Waals surface area contributed by atoms with Gasteiger partial charge in [0.05, 0.1) is 5.52 Å². The van der Waals surface area contributed by atoms with Crippen LogP contribution >= 0.6 is 0 Å². The number of allylic oxidation sites excluding steroid dienone is 2. The lowest BCUT2D eigenvalue weighted by Crippen LogP contribution is -2.44. The topological polar surface area (TPSA) is 77.6 Å². The first-order valence-corrected chi connectivity index (χ1v) is 10.1. The standard InChI is InChI=1S/C22H27N3O3/c23-21(26)15-25-14-11-18-19(25)7-4-8-20(18)28-17-9-12-24(13-10-17)22(27)16-5-2-1-3-6-16/h1-2,4,7-8,11,14,16-17H,3,5-6,9-10,12-13,15H2,(H2,23,26). The van der Waals surface area contributed by atoms with Gasteiger partial charge in [-0.1, -0.05) is 18.2 Å². The summed E-state index contributed by atoms with van der Waals surface area (Å²) >= 11 is 0. The lowest BCUT2D eigenvalue weighted by molar-refractivity contribution is -0.137. The first kappa shape index (κ1) is 18.6. The second-order valence-electron chi connectivity index (χ2n) is 7.72. The van der Waals surface area contributed by atoms with Crippen LogP contribution in [0, 0.1) is 5.92 Å². The highest BCUT2D eigenvalue weighted by molar-refractivity contribution is 5.88. The molecule has 0 bridgehead atoms. The van der Waals surface area contributed by atoms with Gasteiger partial charge < -0.3 is 19.9 Å². The van der Waals surface area contributed by atoms with E-state index in [-0.39, 0.29) is 24.5 Å². The molecule has 2 heterocycles. The normalized spacial score (nSPS) is 20.4. The fraction of sp³-hybridized carbons (Fsp3) is 0.455. The molecule has 1 aromatic carbocycles. The van der Waals surface area contributed by atoms with Crippen LogP contribution in [0.15, 0.2) is 42.6 Å². The molecule has 0 saturated carbocycles. The number of rotatable bonds is 5. The highest BCUT2D eigenvalue weighted by Gasteiger charge is 2.29. The SMILES string of the molecule is NC(=O)Cn1ccc2c(OC3CCN(C(=O)C4CC=CCC4)CC3)cccc21. The van der Waals surface area contributed by atoms with E-state index in [1.54, 1.807) is 0 Å². The number of nitrogens with two attached hydrogens (primary N) is 1. The smallest absolute Gasteiger partial charge is 0.237 e. The van der Waals surface area contributed by atoms with Gasteiger partial charge in [-0.25, -0.2) is 0 Å². The predicted octanol–water partition coefficient (Wildman–Crippen LogP) is 2.85. The first-order chi connectivity index (χ1) is 13.6. The minimum Gasteiger partial charge on any atom is -0.490 e. The van der Waals surface area contributed by atoms with Crippen LogP contribution in [0.25, 0.3) is 10.9 Å². The summed E-state index contributed by atoms with van der Waals surface area (Å²) in [5.41, 5.74) is 6.27. The Hall–Kier alpha value is -2.76. The van der Waals surface area contributed by atoms with Gasteiger partial charge in [-0.05, 0) is 37.5 Å². The van der Waals surface area contributed by atoms with Gasteiger partial charge in [0.1, 0.15) is 18.4 Å². The fourth-order valence-corrected chi connectivity index (χ4v) is 4.25. The van der Waals surface area contributed by atoms with E-state index in [2.05, 4.69) is 12.2 Å². The van der Waals surface area contributed by atoms with Crippen molar-refractivity contribution in [3.05, 3.63) is 42.6 Å². The molecule has 1 aliphatic heterocycles. The van der Waals surface area contributed by atoms with Crippen LogP contribution in [0.5, 0.6) is 5.75 Å². The Morgan fingerprint density at radius 1 is 1.11 bits per heavy atom. The number of likely N-dealkylation sites (tertiary alicyclic amines) is 1.